The first-order chi connectivity index (χ1) is 13.5. The van der Waals surface area contributed by atoms with Gasteiger partial charge in [-0.15, -0.1) is 0 Å². The summed E-state index contributed by atoms with van der Waals surface area (Å²) in [5.74, 6) is -0.133. The lowest BCUT2D eigenvalue weighted by molar-refractivity contribution is -0.137. The normalized spacial score (nSPS) is 12.1. The number of alkyl halides is 3. The summed E-state index contributed by atoms with van der Waals surface area (Å²) < 4.78 is 69.6. The minimum absolute atomic E-state index is 0.0692. The van der Waals surface area contributed by atoms with Crippen LogP contribution in [0.25, 0.3) is 0 Å². The molecule has 0 aliphatic carbocycles. The molecule has 158 valence electrons. The Kier molecular flexibility index (Phi) is 7.26. The predicted octanol–water partition coefficient (Wildman–Crippen LogP) is 3.66. The number of sulfonamides is 1. The summed E-state index contributed by atoms with van der Waals surface area (Å²) in [6.07, 6.45) is -4.45. The number of nitrogens with one attached hydrogen (secondary N) is 2. The van der Waals surface area contributed by atoms with Crippen LogP contribution in [0.2, 0.25) is 0 Å². The van der Waals surface area contributed by atoms with Gasteiger partial charge >= 0.3 is 6.18 Å². The molecule has 0 radical (unpaired) electrons. The highest BCUT2D eigenvalue weighted by Gasteiger charge is 2.30. The van der Waals surface area contributed by atoms with Crippen LogP contribution in [0.5, 0.6) is 5.75 Å². The van der Waals surface area contributed by atoms with Crippen LogP contribution in [0.3, 0.4) is 0 Å². The van der Waals surface area contributed by atoms with Crippen molar-refractivity contribution in [1.29, 1.82) is 0 Å². The van der Waals surface area contributed by atoms with E-state index in [4.69, 9.17) is 4.74 Å². The largest absolute Gasteiger partial charge is 0.484 e. The van der Waals surface area contributed by atoms with Gasteiger partial charge in [0.25, 0.3) is 5.91 Å². The number of hydrogen-bond acceptors (Lipinski definition) is 4. The van der Waals surface area contributed by atoms with E-state index in [2.05, 4.69) is 10.0 Å². The zero-order chi connectivity index (χ0) is 21.7. The Balaban J connectivity index is 1.89. The van der Waals surface area contributed by atoms with Gasteiger partial charge in [0, 0.05) is 12.2 Å². The number of rotatable bonds is 8. The molecule has 0 spiro atoms. The van der Waals surface area contributed by atoms with Crippen molar-refractivity contribution in [2.45, 2.75) is 24.9 Å². The summed E-state index contributed by atoms with van der Waals surface area (Å²) in [7, 11) is -3.62. The predicted molar refractivity (Wildman–Crippen MR) is 102 cm³/mol. The first-order valence-corrected chi connectivity index (χ1v) is 10.2. The van der Waals surface area contributed by atoms with E-state index in [0.29, 0.717) is 6.54 Å². The molecule has 0 aromatic heterocycles. The van der Waals surface area contributed by atoms with E-state index >= 15 is 0 Å². The van der Waals surface area contributed by atoms with Crippen molar-refractivity contribution in [2.75, 3.05) is 18.5 Å². The molecule has 2 rings (SSSR count). The lowest BCUT2D eigenvalue weighted by Gasteiger charge is -2.11. The van der Waals surface area contributed by atoms with Crippen molar-refractivity contribution in [3.63, 3.8) is 0 Å². The molecule has 29 heavy (non-hydrogen) atoms. The van der Waals surface area contributed by atoms with Crippen molar-refractivity contribution >= 4 is 21.6 Å². The minimum atomic E-state index is -4.45. The zero-order valence-electron chi connectivity index (χ0n) is 15.8. The van der Waals surface area contributed by atoms with Crippen molar-refractivity contribution in [3.8, 4) is 5.75 Å². The zero-order valence-corrected chi connectivity index (χ0v) is 16.6. The van der Waals surface area contributed by atoms with Crippen LogP contribution in [-0.2, 0) is 21.0 Å². The van der Waals surface area contributed by atoms with E-state index in [1.807, 2.05) is 13.8 Å². The lowest BCUT2D eigenvalue weighted by atomic mass is 10.2. The van der Waals surface area contributed by atoms with Gasteiger partial charge in [-0.05, 0) is 54.4 Å². The van der Waals surface area contributed by atoms with Crippen LogP contribution in [0.4, 0.5) is 18.9 Å². The monoisotopic (exact) mass is 430 g/mol. The smallest absolute Gasteiger partial charge is 0.416 e. The first kappa shape index (κ1) is 22.7. The van der Waals surface area contributed by atoms with Gasteiger partial charge in [0.1, 0.15) is 5.75 Å². The molecule has 2 aromatic rings. The molecule has 0 heterocycles. The van der Waals surface area contributed by atoms with E-state index in [1.54, 1.807) is 0 Å². The summed E-state index contributed by atoms with van der Waals surface area (Å²) in [4.78, 5) is 11.9. The molecule has 2 aromatic carbocycles. The fourth-order valence-electron chi connectivity index (χ4n) is 2.16. The second-order valence-electron chi connectivity index (χ2n) is 6.63. The molecular weight excluding hydrogens is 409 g/mol. The summed E-state index contributed by atoms with van der Waals surface area (Å²) in [5.41, 5.74) is -0.617. The number of halogens is 3. The average molecular weight is 430 g/mol. The van der Waals surface area contributed by atoms with E-state index in [0.717, 1.165) is 24.3 Å². The summed E-state index contributed by atoms with van der Waals surface area (Å²) in [6.45, 7) is 3.69. The fourth-order valence-corrected chi connectivity index (χ4v) is 3.38. The number of carbonyl (C=O) groups is 1. The van der Waals surface area contributed by atoms with Gasteiger partial charge in [0.05, 0.1) is 10.5 Å². The Morgan fingerprint density at radius 3 is 2.14 bits per heavy atom. The van der Waals surface area contributed by atoms with Crippen LogP contribution in [0.15, 0.2) is 53.4 Å². The number of anilines is 1. The molecule has 0 saturated heterocycles. The molecule has 0 atom stereocenters. The molecule has 10 heteroatoms. The minimum Gasteiger partial charge on any atom is -0.484 e. The second kappa shape index (κ2) is 9.27. The molecule has 2 N–H and O–H groups in total. The number of carbonyl (C=O) groups excluding carboxylic acids is 1. The lowest BCUT2D eigenvalue weighted by Crippen LogP contribution is -2.27. The molecule has 0 aliphatic rings. The molecule has 1 amide bonds. The van der Waals surface area contributed by atoms with Gasteiger partial charge in [-0.25, -0.2) is 13.1 Å². The summed E-state index contributed by atoms with van der Waals surface area (Å²) in [6, 6.07) is 9.54. The van der Waals surface area contributed by atoms with Gasteiger partial charge in [-0.2, -0.15) is 13.2 Å². The molecule has 0 bridgehead atoms. The number of ether oxygens (including phenoxy) is 1. The molecule has 0 unspecified atom stereocenters. The average Bonchev–Trinajstić information content (AvgIpc) is 2.65. The summed E-state index contributed by atoms with van der Waals surface area (Å²) in [5, 5.41) is 2.42. The Morgan fingerprint density at radius 1 is 1.03 bits per heavy atom. The SMILES string of the molecule is CC(C)CNS(=O)(=O)c1ccc(OCC(=O)Nc2ccc(C(F)(F)F)cc2)cc1. The second-order valence-corrected chi connectivity index (χ2v) is 8.40. The number of amides is 1. The Hall–Kier alpha value is -2.59. The highest BCUT2D eigenvalue weighted by molar-refractivity contribution is 7.89. The van der Waals surface area contributed by atoms with Gasteiger partial charge in [-0.1, -0.05) is 13.8 Å². The highest BCUT2D eigenvalue weighted by atomic mass is 32.2. The third kappa shape index (κ3) is 7.06. The van der Waals surface area contributed by atoms with Crippen LogP contribution in [-0.4, -0.2) is 27.5 Å². The van der Waals surface area contributed by atoms with Crippen molar-refractivity contribution in [2.24, 2.45) is 5.92 Å². The fraction of sp³-hybridized carbons (Fsp3) is 0.316. The van der Waals surface area contributed by atoms with Crippen LogP contribution < -0.4 is 14.8 Å². The van der Waals surface area contributed by atoms with Crippen LogP contribution in [0.1, 0.15) is 19.4 Å². The van der Waals surface area contributed by atoms with Gasteiger partial charge in [0.2, 0.25) is 10.0 Å². The van der Waals surface area contributed by atoms with E-state index in [9.17, 15) is 26.4 Å². The molecule has 0 aliphatic heterocycles. The van der Waals surface area contributed by atoms with Crippen LogP contribution >= 0.6 is 0 Å². The topological polar surface area (TPSA) is 84.5 Å². The van der Waals surface area contributed by atoms with Gasteiger partial charge < -0.3 is 10.1 Å². The van der Waals surface area contributed by atoms with E-state index < -0.39 is 34.3 Å². The van der Waals surface area contributed by atoms with Crippen molar-refractivity contribution in [1.82, 2.24) is 4.72 Å². The molecular formula is C19H21F3N2O4S. The Labute approximate surface area is 167 Å². The third-order valence-electron chi connectivity index (χ3n) is 3.68. The maximum absolute atomic E-state index is 12.5. The molecule has 0 saturated carbocycles. The molecule has 6 nitrogen and oxygen atoms in total. The number of hydrogen-bond donors (Lipinski definition) is 2. The van der Waals surface area contributed by atoms with Gasteiger partial charge in [-0.3, -0.25) is 4.79 Å². The van der Waals surface area contributed by atoms with Crippen molar-refractivity contribution < 1.29 is 31.1 Å². The van der Waals surface area contributed by atoms with E-state index in [1.165, 1.54) is 24.3 Å². The Bertz CT molecular complexity index is 925. The van der Waals surface area contributed by atoms with Crippen molar-refractivity contribution in [3.05, 3.63) is 54.1 Å². The molecule has 0 fully saturated rings. The van der Waals surface area contributed by atoms with E-state index in [-0.39, 0.29) is 22.3 Å². The Morgan fingerprint density at radius 2 is 1.62 bits per heavy atom. The maximum Gasteiger partial charge on any atom is 0.416 e. The third-order valence-corrected chi connectivity index (χ3v) is 5.12. The standard InChI is InChI=1S/C19H21F3N2O4S/c1-13(2)11-23-29(26,27)17-9-7-16(8-10-17)28-12-18(25)24-15-5-3-14(4-6-15)19(20,21)22/h3-10,13,23H,11-12H2,1-2H3,(H,24,25). The maximum atomic E-state index is 12.5. The number of benzene rings is 2. The quantitative estimate of drug-likeness (QED) is 0.670. The summed E-state index contributed by atoms with van der Waals surface area (Å²) >= 11 is 0. The first-order valence-electron chi connectivity index (χ1n) is 8.67. The highest BCUT2D eigenvalue weighted by Crippen LogP contribution is 2.29. The van der Waals surface area contributed by atoms with Crippen LogP contribution in [0, 0.1) is 5.92 Å². The van der Waals surface area contributed by atoms with Gasteiger partial charge in [0.15, 0.2) is 6.61 Å².